The van der Waals surface area contributed by atoms with Crippen molar-refractivity contribution < 1.29 is 0 Å². The summed E-state index contributed by atoms with van der Waals surface area (Å²) in [6.07, 6.45) is 8.45. The van der Waals surface area contributed by atoms with Gasteiger partial charge in [-0.2, -0.15) is 5.10 Å². The Morgan fingerprint density at radius 1 is 1.33 bits per heavy atom. The maximum Gasteiger partial charge on any atom is 0.0423 e. The van der Waals surface area contributed by atoms with E-state index in [4.69, 9.17) is 0 Å². The maximum atomic E-state index is 4.32. The summed E-state index contributed by atoms with van der Waals surface area (Å²) in [6.45, 7) is 11.6. The third-order valence-electron chi connectivity index (χ3n) is 3.70. The van der Waals surface area contributed by atoms with E-state index in [0.29, 0.717) is 5.92 Å². The van der Waals surface area contributed by atoms with Crippen molar-refractivity contribution in [2.24, 2.45) is 5.10 Å². The van der Waals surface area contributed by atoms with Crippen molar-refractivity contribution in [1.82, 2.24) is 14.5 Å². The summed E-state index contributed by atoms with van der Waals surface area (Å²) >= 11 is 0. The predicted molar refractivity (Wildman–Crippen MR) is 91.8 cm³/mol. The van der Waals surface area contributed by atoms with E-state index in [1.165, 1.54) is 11.3 Å². The van der Waals surface area contributed by atoms with Gasteiger partial charge in [0.2, 0.25) is 0 Å². The van der Waals surface area contributed by atoms with Crippen molar-refractivity contribution in [2.75, 3.05) is 27.2 Å². The lowest BCUT2D eigenvalue weighted by Crippen LogP contribution is -2.22. The smallest absolute Gasteiger partial charge is 0.0423 e. The van der Waals surface area contributed by atoms with E-state index in [-0.39, 0.29) is 0 Å². The zero-order chi connectivity index (χ0) is 15.8. The van der Waals surface area contributed by atoms with E-state index in [2.05, 4.69) is 53.8 Å². The molecule has 1 aliphatic rings. The highest BCUT2D eigenvalue weighted by atomic mass is 15.4. The molecule has 1 aromatic heterocycles. The largest absolute Gasteiger partial charge is 0.350 e. The average Bonchev–Trinajstić information content (AvgIpc) is 2.88. The molecule has 4 heteroatoms. The van der Waals surface area contributed by atoms with Gasteiger partial charge in [0.25, 0.3) is 0 Å². The molecule has 21 heavy (non-hydrogen) atoms. The van der Waals surface area contributed by atoms with Gasteiger partial charge >= 0.3 is 0 Å². The minimum atomic E-state index is 0.306. The maximum absolute atomic E-state index is 4.32. The number of hydrazone groups is 1. The van der Waals surface area contributed by atoms with Crippen LogP contribution in [0.4, 0.5) is 0 Å². The first-order chi connectivity index (χ1) is 10.1. The van der Waals surface area contributed by atoms with E-state index >= 15 is 0 Å². The summed E-state index contributed by atoms with van der Waals surface area (Å²) in [5.74, 6) is 0.306. The van der Waals surface area contributed by atoms with Crippen LogP contribution in [0.5, 0.6) is 0 Å². The molecule has 0 aliphatic carbocycles. The van der Waals surface area contributed by atoms with Crippen LogP contribution in [0.1, 0.15) is 37.9 Å². The molecular formula is C17H30N4. The minimum absolute atomic E-state index is 0.306. The van der Waals surface area contributed by atoms with Crippen LogP contribution in [-0.2, 0) is 6.54 Å². The number of rotatable bonds is 5. The van der Waals surface area contributed by atoms with E-state index in [0.717, 1.165) is 19.6 Å². The number of nitrogens with zero attached hydrogens (tertiary/aromatic N) is 4. The first kappa shape index (κ1) is 17.5. The molecule has 2 rings (SSSR count). The normalized spacial score (nSPS) is 17.1. The molecule has 1 atom stereocenters. The predicted octanol–water partition coefficient (Wildman–Crippen LogP) is 3.30. The lowest BCUT2D eigenvalue weighted by Gasteiger charge is -2.16. The number of aryl methyl sites for hydroxylation is 1. The van der Waals surface area contributed by atoms with Gasteiger partial charge in [0.1, 0.15) is 0 Å². The Hall–Kier alpha value is -1.55. The molecule has 1 aromatic rings. The highest BCUT2D eigenvalue weighted by molar-refractivity contribution is 5.71. The summed E-state index contributed by atoms with van der Waals surface area (Å²) < 4.78 is 2.33. The van der Waals surface area contributed by atoms with Crippen LogP contribution in [0.2, 0.25) is 0 Å². The average molecular weight is 290 g/mol. The molecule has 0 spiro atoms. The van der Waals surface area contributed by atoms with Crippen molar-refractivity contribution in [1.29, 1.82) is 0 Å². The fourth-order valence-corrected chi connectivity index (χ4v) is 2.18. The summed E-state index contributed by atoms with van der Waals surface area (Å²) in [5.41, 5.74) is 2.64. The number of aromatic nitrogens is 1. The summed E-state index contributed by atoms with van der Waals surface area (Å²) in [7, 11) is 4.10. The van der Waals surface area contributed by atoms with Crippen molar-refractivity contribution >= 4 is 6.21 Å². The molecule has 4 nitrogen and oxygen atoms in total. The van der Waals surface area contributed by atoms with Crippen LogP contribution in [0.25, 0.3) is 0 Å². The standard InChI is InChI=1S/C15H24N4.C2H6/c1-5-17(3)8-9-19-12-15(10-13(19)2)14-6-7-18(4)16-11-14;1-2/h6-7,10-12,14H,5,8-9H2,1-4H3;1-2H3. The van der Waals surface area contributed by atoms with Gasteiger partial charge in [-0.1, -0.05) is 26.8 Å². The first-order valence-electron chi connectivity index (χ1n) is 7.90. The molecule has 0 saturated carbocycles. The zero-order valence-electron chi connectivity index (χ0n) is 14.4. The lowest BCUT2D eigenvalue weighted by molar-refractivity contribution is 0.334. The quantitative estimate of drug-likeness (QED) is 0.831. The molecule has 0 amide bonds. The Bertz CT molecular complexity index is 459. The van der Waals surface area contributed by atoms with Gasteiger partial charge in [0, 0.05) is 50.4 Å². The van der Waals surface area contributed by atoms with Gasteiger partial charge in [0.05, 0.1) is 0 Å². The van der Waals surface area contributed by atoms with E-state index in [1.807, 2.05) is 38.3 Å². The fraction of sp³-hybridized carbons (Fsp3) is 0.588. The highest BCUT2D eigenvalue weighted by Gasteiger charge is 2.12. The van der Waals surface area contributed by atoms with Gasteiger partial charge in [-0.15, -0.1) is 0 Å². The molecule has 0 fully saturated rings. The Morgan fingerprint density at radius 2 is 2.05 bits per heavy atom. The monoisotopic (exact) mass is 290 g/mol. The van der Waals surface area contributed by atoms with E-state index < -0.39 is 0 Å². The second kappa shape index (κ2) is 8.67. The molecular weight excluding hydrogens is 260 g/mol. The lowest BCUT2D eigenvalue weighted by atomic mass is 10.0. The third kappa shape index (κ3) is 5.05. The molecule has 118 valence electrons. The molecule has 0 radical (unpaired) electrons. The SMILES string of the molecule is CC.CCN(C)CCn1cc(C2C=CN(C)N=C2)cc1C. The van der Waals surface area contributed by atoms with Crippen LogP contribution < -0.4 is 0 Å². The molecule has 2 heterocycles. The summed E-state index contributed by atoms with van der Waals surface area (Å²) in [6, 6.07) is 2.26. The van der Waals surface area contributed by atoms with E-state index in [9.17, 15) is 0 Å². The first-order valence-corrected chi connectivity index (χ1v) is 7.90. The number of hydrogen-bond acceptors (Lipinski definition) is 3. The molecule has 0 saturated heterocycles. The Balaban J connectivity index is 0.00000106. The fourth-order valence-electron chi connectivity index (χ4n) is 2.18. The minimum Gasteiger partial charge on any atom is -0.350 e. The van der Waals surface area contributed by atoms with Gasteiger partial charge < -0.3 is 9.47 Å². The zero-order valence-corrected chi connectivity index (χ0v) is 14.4. The van der Waals surface area contributed by atoms with Crippen LogP contribution in [0.15, 0.2) is 29.6 Å². The van der Waals surface area contributed by atoms with Gasteiger partial charge in [-0.25, -0.2) is 0 Å². The topological polar surface area (TPSA) is 23.8 Å². The second-order valence-corrected chi connectivity index (χ2v) is 5.21. The molecule has 0 bridgehead atoms. The van der Waals surface area contributed by atoms with Crippen LogP contribution in [0.3, 0.4) is 0 Å². The van der Waals surface area contributed by atoms with Gasteiger partial charge in [0.15, 0.2) is 0 Å². The van der Waals surface area contributed by atoms with Crippen LogP contribution >= 0.6 is 0 Å². The molecule has 0 aromatic carbocycles. The van der Waals surface area contributed by atoms with Gasteiger partial charge in [-0.05, 0) is 32.1 Å². The Kier molecular flexibility index (Phi) is 7.23. The van der Waals surface area contributed by atoms with Gasteiger partial charge in [-0.3, -0.25) is 5.01 Å². The Labute approximate surface area is 129 Å². The summed E-state index contributed by atoms with van der Waals surface area (Å²) in [4.78, 5) is 2.33. The van der Waals surface area contributed by atoms with Crippen molar-refractivity contribution in [3.8, 4) is 0 Å². The van der Waals surface area contributed by atoms with E-state index in [1.54, 1.807) is 0 Å². The number of likely N-dealkylation sites (N-methyl/N-ethyl adjacent to an activating group) is 1. The second-order valence-electron chi connectivity index (χ2n) is 5.21. The third-order valence-corrected chi connectivity index (χ3v) is 3.70. The number of allylic oxidation sites excluding steroid dienone is 1. The molecule has 1 aliphatic heterocycles. The molecule has 1 unspecified atom stereocenters. The van der Waals surface area contributed by atoms with Crippen molar-refractivity contribution in [3.63, 3.8) is 0 Å². The highest BCUT2D eigenvalue weighted by Crippen LogP contribution is 2.21. The van der Waals surface area contributed by atoms with Crippen LogP contribution in [0, 0.1) is 6.92 Å². The van der Waals surface area contributed by atoms with Crippen molar-refractivity contribution in [3.05, 3.63) is 35.8 Å². The summed E-state index contributed by atoms with van der Waals surface area (Å²) in [5, 5.41) is 6.15. The van der Waals surface area contributed by atoms with Crippen LogP contribution in [-0.4, -0.2) is 47.9 Å². The number of hydrogen-bond donors (Lipinski definition) is 0. The van der Waals surface area contributed by atoms with Crippen molar-refractivity contribution in [2.45, 2.75) is 40.2 Å². The molecule has 0 N–H and O–H groups in total. The Morgan fingerprint density at radius 3 is 2.62 bits per heavy atom.